The molecule has 1 saturated heterocycles. The lowest BCUT2D eigenvalue weighted by atomic mass is 9.84. The van der Waals surface area contributed by atoms with Gasteiger partial charge in [0.15, 0.2) is 5.78 Å². The average molecular weight is 245 g/mol. The molecular weight excluding hydrogens is 222 g/mol. The molecule has 0 amide bonds. The summed E-state index contributed by atoms with van der Waals surface area (Å²) in [7, 11) is 0. The first-order valence-corrected chi connectivity index (χ1v) is 7.10. The van der Waals surface area contributed by atoms with Crippen molar-refractivity contribution in [2.45, 2.75) is 51.5 Å². The second-order valence-corrected chi connectivity index (χ2v) is 5.24. The molecule has 1 heterocycles. The lowest BCUT2D eigenvalue weighted by molar-refractivity contribution is 0.0857. The van der Waals surface area contributed by atoms with Crippen molar-refractivity contribution in [1.82, 2.24) is 5.32 Å². The molecule has 0 radical (unpaired) electrons. The summed E-state index contributed by atoms with van der Waals surface area (Å²) in [4.78, 5) is 12.7. The molecule has 1 aromatic carbocycles. The van der Waals surface area contributed by atoms with E-state index in [0.717, 1.165) is 44.2 Å². The lowest BCUT2D eigenvalue weighted by Crippen LogP contribution is -2.47. The van der Waals surface area contributed by atoms with Gasteiger partial charge in [-0.1, -0.05) is 44.5 Å². The van der Waals surface area contributed by atoms with Gasteiger partial charge in [-0.3, -0.25) is 4.79 Å². The summed E-state index contributed by atoms with van der Waals surface area (Å²) in [5.41, 5.74) is 1.85. The zero-order valence-electron chi connectivity index (χ0n) is 11.5. The molecule has 98 valence electrons. The van der Waals surface area contributed by atoms with Gasteiger partial charge in [0.2, 0.25) is 0 Å². The van der Waals surface area contributed by atoms with Crippen molar-refractivity contribution in [3.8, 4) is 0 Å². The van der Waals surface area contributed by atoms with E-state index >= 15 is 0 Å². The summed E-state index contributed by atoms with van der Waals surface area (Å²) in [5, 5.41) is 3.45. The van der Waals surface area contributed by atoms with Gasteiger partial charge >= 0.3 is 0 Å². The Bertz CT molecular complexity index is 402. The van der Waals surface area contributed by atoms with Gasteiger partial charge in [0.25, 0.3) is 0 Å². The second kappa shape index (κ2) is 5.66. The van der Waals surface area contributed by atoms with Crippen LogP contribution in [0.25, 0.3) is 0 Å². The molecule has 1 aliphatic rings. The fourth-order valence-corrected chi connectivity index (χ4v) is 2.92. The Morgan fingerprint density at radius 2 is 2.00 bits per heavy atom. The molecule has 0 aromatic heterocycles. The number of rotatable bonds is 5. The summed E-state index contributed by atoms with van der Waals surface area (Å²) in [6.07, 6.45) is 5.11. The van der Waals surface area contributed by atoms with Crippen LogP contribution in [0.4, 0.5) is 0 Å². The van der Waals surface area contributed by atoms with E-state index < -0.39 is 0 Å². The lowest BCUT2D eigenvalue weighted by Gasteiger charge is -2.27. The molecule has 1 N–H and O–H groups in total. The maximum absolute atomic E-state index is 12.7. The molecule has 1 aliphatic heterocycles. The minimum atomic E-state index is -0.289. The molecule has 2 nitrogen and oxygen atoms in total. The molecule has 0 bridgehead atoms. The van der Waals surface area contributed by atoms with E-state index in [4.69, 9.17) is 0 Å². The van der Waals surface area contributed by atoms with Gasteiger partial charge < -0.3 is 5.32 Å². The van der Waals surface area contributed by atoms with Crippen LogP contribution in [-0.2, 0) is 6.42 Å². The van der Waals surface area contributed by atoms with Crippen LogP contribution in [0.2, 0.25) is 0 Å². The van der Waals surface area contributed by atoms with Gasteiger partial charge in [-0.25, -0.2) is 0 Å². The summed E-state index contributed by atoms with van der Waals surface area (Å²) < 4.78 is 0. The fraction of sp³-hybridized carbons (Fsp3) is 0.562. The molecule has 1 atom stereocenters. The summed E-state index contributed by atoms with van der Waals surface area (Å²) in [5.74, 6) is 0.282. The maximum Gasteiger partial charge on any atom is 0.182 e. The quantitative estimate of drug-likeness (QED) is 0.806. The van der Waals surface area contributed by atoms with Crippen molar-refractivity contribution in [1.29, 1.82) is 0 Å². The first-order chi connectivity index (χ1) is 8.72. The van der Waals surface area contributed by atoms with E-state index in [2.05, 4.69) is 31.3 Å². The van der Waals surface area contributed by atoms with Crippen LogP contribution in [-0.4, -0.2) is 17.9 Å². The molecule has 0 spiro atoms. The zero-order chi connectivity index (χ0) is 13.0. The van der Waals surface area contributed by atoms with Gasteiger partial charge in [0.1, 0.15) is 0 Å². The zero-order valence-corrected chi connectivity index (χ0v) is 11.5. The van der Waals surface area contributed by atoms with E-state index in [0.29, 0.717) is 0 Å². The highest BCUT2D eigenvalue weighted by Crippen LogP contribution is 2.28. The number of nitrogens with one attached hydrogen (secondary N) is 1. The van der Waals surface area contributed by atoms with Crippen LogP contribution in [0.15, 0.2) is 24.3 Å². The maximum atomic E-state index is 12.7. The van der Waals surface area contributed by atoms with E-state index in [9.17, 15) is 4.79 Å². The van der Waals surface area contributed by atoms with Gasteiger partial charge in [-0.2, -0.15) is 0 Å². The molecule has 1 aromatic rings. The van der Waals surface area contributed by atoms with Gasteiger partial charge in [0, 0.05) is 5.56 Å². The molecule has 2 heteroatoms. The second-order valence-electron chi connectivity index (χ2n) is 5.24. The van der Waals surface area contributed by atoms with E-state index in [1.165, 1.54) is 5.56 Å². The van der Waals surface area contributed by atoms with Crippen LogP contribution >= 0.6 is 0 Å². The average Bonchev–Trinajstić information content (AvgIpc) is 2.88. The van der Waals surface area contributed by atoms with E-state index in [1.54, 1.807) is 0 Å². The van der Waals surface area contributed by atoms with Crippen LogP contribution in [0, 0.1) is 0 Å². The number of carbonyl (C=O) groups excluding carboxylic acids is 1. The third-order valence-electron chi connectivity index (χ3n) is 3.98. The van der Waals surface area contributed by atoms with Crippen molar-refractivity contribution in [3.05, 3.63) is 35.4 Å². The monoisotopic (exact) mass is 245 g/mol. The molecule has 1 fully saturated rings. The Morgan fingerprint density at radius 1 is 1.28 bits per heavy atom. The predicted octanol–water partition coefficient (Wildman–Crippen LogP) is 3.35. The van der Waals surface area contributed by atoms with Crippen molar-refractivity contribution in [2.75, 3.05) is 6.54 Å². The van der Waals surface area contributed by atoms with Gasteiger partial charge in [-0.15, -0.1) is 0 Å². The van der Waals surface area contributed by atoms with Crippen LogP contribution < -0.4 is 5.32 Å². The number of hydrogen-bond acceptors (Lipinski definition) is 2. The first kappa shape index (κ1) is 13.3. The molecule has 2 rings (SSSR count). The minimum Gasteiger partial charge on any atom is -0.305 e. The van der Waals surface area contributed by atoms with Gasteiger partial charge in [0.05, 0.1) is 5.54 Å². The number of hydrogen-bond donors (Lipinski definition) is 1. The van der Waals surface area contributed by atoms with Gasteiger partial charge in [-0.05, 0) is 37.8 Å². The third-order valence-corrected chi connectivity index (χ3v) is 3.98. The number of ketones is 1. The molecule has 1 unspecified atom stereocenters. The normalized spacial score (nSPS) is 23.2. The Morgan fingerprint density at radius 3 is 2.50 bits per heavy atom. The topological polar surface area (TPSA) is 29.1 Å². The molecule has 0 saturated carbocycles. The largest absolute Gasteiger partial charge is 0.305 e. The summed E-state index contributed by atoms with van der Waals surface area (Å²) >= 11 is 0. The highest BCUT2D eigenvalue weighted by atomic mass is 16.1. The van der Waals surface area contributed by atoms with Crippen LogP contribution in [0.5, 0.6) is 0 Å². The number of Topliss-reactive ketones (excluding diaryl/α,β-unsaturated/α-hetero) is 1. The number of benzene rings is 1. The van der Waals surface area contributed by atoms with Crippen molar-refractivity contribution in [2.24, 2.45) is 0 Å². The summed E-state index contributed by atoms with van der Waals surface area (Å²) in [6.45, 7) is 5.25. The predicted molar refractivity (Wildman–Crippen MR) is 75.0 cm³/mol. The Balaban J connectivity index is 2.22. The number of aryl methyl sites for hydroxylation is 1. The Hall–Kier alpha value is -1.15. The minimum absolute atomic E-state index is 0.282. The SMILES string of the molecule is CCCC1(C(=O)c2ccc(CC)cc2)CCCN1. The van der Waals surface area contributed by atoms with E-state index in [1.807, 2.05) is 12.1 Å². The summed E-state index contributed by atoms with van der Waals surface area (Å²) in [6, 6.07) is 8.11. The van der Waals surface area contributed by atoms with E-state index in [-0.39, 0.29) is 11.3 Å². The standard InChI is InChI=1S/C16H23NO/c1-3-10-16(11-5-12-17-16)15(18)14-8-6-13(4-2)7-9-14/h6-9,17H,3-5,10-12H2,1-2H3. The third kappa shape index (κ3) is 2.49. The van der Waals surface area contributed by atoms with Crippen molar-refractivity contribution in [3.63, 3.8) is 0 Å². The van der Waals surface area contributed by atoms with Crippen molar-refractivity contribution < 1.29 is 4.79 Å². The number of carbonyl (C=O) groups is 1. The highest BCUT2D eigenvalue weighted by molar-refractivity contribution is 6.03. The first-order valence-electron chi connectivity index (χ1n) is 7.10. The van der Waals surface area contributed by atoms with Crippen LogP contribution in [0.3, 0.4) is 0 Å². The Labute approximate surface area is 110 Å². The Kier molecular flexibility index (Phi) is 4.18. The highest BCUT2D eigenvalue weighted by Gasteiger charge is 2.39. The molecule has 18 heavy (non-hydrogen) atoms. The smallest absolute Gasteiger partial charge is 0.182 e. The molecular formula is C16H23NO. The van der Waals surface area contributed by atoms with Crippen molar-refractivity contribution >= 4 is 5.78 Å². The fourth-order valence-electron chi connectivity index (χ4n) is 2.92. The van der Waals surface area contributed by atoms with Crippen LogP contribution in [0.1, 0.15) is 55.5 Å². The molecule has 0 aliphatic carbocycles.